The molecule has 1 saturated carbocycles. The molecule has 0 radical (unpaired) electrons. The smallest absolute Gasteiger partial charge is 0.220 e. The summed E-state index contributed by atoms with van der Waals surface area (Å²) in [5, 5.41) is 0. The van der Waals surface area contributed by atoms with Gasteiger partial charge in [-0.3, -0.25) is 0 Å². The molecule has 102 valence electrons. The molecule has 3 nitrogen and oxygen atoms in total. The summed E-state index contributed by atoms with van der Waals surface area (Å²) in [6.07, 6.45) is 2.19. The lowest BCUT2D eigenvalue weighted by Gasteiger charge is -2.12. The van der Waals surface area contributed by atoms with Crippen LogP contribution >= 0.6 is 0 Å². The molecule has 1 aromatic rings. The van der Waals surface area contributed by atoms with Crippen molar-refractivity contribution in [1.82, 2.24) is 0 Å². The molecule has 0 saturated heterocycles. The maximum atomic E-state index is 14.3. The van der Waals surface area contributed by atoms with Crippen LogP contribution in [-0.4, -0.2) is 25.2 Å². The fourth-order valence-corrected chi connectivity index (χ4v) is 2.37. The summed E-state index contributed by atoms with van der Waals surface area (Å²) in [7, 11) is 1.55. The second-order valence-electron chi connectivity index (χ2n) is 5.87. The van der Waals surface area contributed by atoms with Gasteiger partial charge in [0.2, 0.25) is 5.90 Å². The monoisotopic (exact) mass is 263 g/mol. The number of halogens is 1. The topological polar surface area (TPSA) is 30.8 Å². The molecule has 0 aromatic heterocycles. The molecular weight excluding hydrogens is 245 g/mol. The number of ether oxygens (including phenoxy) is 2. The van der Waals surface area contributed by atoms with Gasteiger partial charge in [0.1, 0.15) is 18.2 Å². The lowest BCUT2D eigenvalue weighted by Crippen LogP contribution is -2.17. The van der Waals surface area contributed by atoms with E-state index in [0.29, 0.717) is 29.7 Å². The molecule has 1 aromatic carbocycles. The van der Waals surface area contributed by atoms with Crippen molar-refractivity contribution in [3.8, 4) is 5.75 Å². The van der Waals surface area contributed by atoms with E-state index in [1.165, 1.54) is 6.07 Å². The van der Waals surface area contributed by atoms with Crippen LogP contribution in [0.25, 0.3) is 0 Å². The molecule has 3 rings (SSSR count). The minimum atomic E-state index is -0.308. The molecule has 1 aliphatic heterocycles. The van der Waals surface area contributed by atoms with E-state index in [1.807, 2.05) is 19.9 Å². The molecule has 1 fully saturated rings. The zero-order chi connectivity index (χ0) is 13.6. The van der Waals surface area contributed by atoms with Crippen molar-refractivity contribution in [1.29, 1.82) is 0 Å². The van der Waals surface area contributed by atoms with Crippen LogP contribution in [0.15, 0.2) is 17.1 Å². The first-order valence-electron chi connectivity index (χ1n) is 6.60. The summed E-state index contributed by atoms with van der Waals surface area (Å²) in [5.41, 5.74) is 1.21. The Balaban J connectivity index is 2.10. The largest absolute Gasteiger partial charge is 0.497 e. The summed E-state index contributed by atoms with van der Waals surface area (Å²) < 4.78 is 25.1. The first kappa shape index (κ1) is 12.5. The summed E-state index contributed by atoms with van der Waals surface area (Å²) >= 11 is 0. The zero-order valence-corrected chi connectivity index (χ0v) is 11.5. The molecule has 0 spiro atoms. The third-order valence-corrected chi connectivity index (χ3v) is 3.53. The number of hydrogen-bond acceptors (Lipinski definition) is 3. The molecule has 1 heterocycles. The van der Waals surface area contributed by atoms with Crippen LogP contribution in [0.1, 0.15) is 43.7 Å². The minimum absolute atomic E-state index is 0.275. The fraction of sp³-hybridized carbons (Fsp3) is 0.533. The molecule has 19 heavy (non-hydrogen) atoms. The number of rotatable bonds is 3. The molecule has 0 N–H and O–H groups in total. The molecule has 1 aliphatic carbocycles. The minimum Gasteiger partial charge on any atom is -0.497 e. The Kier molecular flexibility index (Phi) is 2.77. The van der Waals surface area contributed by atoms with Crippen molar-refractivity contribution in [3.05, 3.63) is 29.1 Å². The number of benzene rings is 1. The third kappa shape index (κ3) is 2.31. The van der Waals surface area contributed by atoms with Crippen LogP contribution in [0.4, 0.5) is 4.39 Å². The average molecular weight is 263 g/mol. The average Bonchev–Trinajstić information content (AvgIpc) is 3.13. The normalized spacial score (nSPS) is 20.9. The highest BCUT2D eigenvalue weighted by Gasteiger charge is 2.34. The molecule has 2 aliphatic rings. The molecular formula is C15H18FNO2. The Labute approximate surface area is 112 Å². The van der Waals surface area contributed by atoms with Crippen molar-refractivity contribution < 1.29 is 13.9 Å². The zero-order valence-electron chi connectivity index (χ0n) is 11.5. The summed E-state index contributed by atoms with van der Waals surface area (Å²) in [5.74, 6) is 1.10. The highest BCUT2D eigenvalue weighted by atomic mass is 19.1. The molecule has 0 unspecified atom stereocenters. The Morgan fingerprint density at radius 3 is 2.63 bits per heavy atom. The first-order valence-corrected chi connectivity index (χ1v) is 6.60. The predicted molar refractivity (Wildman–Crippen MR) is 71.5 cm³/mol. The van der Waals surface area contributed by atoms with Gasteiger partial charge in [-0.25, -0.2) is 9.38 Å². The van der Waals surface area contributed by atoms with E-state index in [1.54, 1.807) is 7.11 Å². The SMILES string of the molecule is COc1cc(F)c(C2=NC(C)(C)CO2)c(C2CC2)c1. The highest BCUT2D eigenvalue weighted by Crippen LogP contribution is 2.44. The van der Waals surface area contributed by atoms with Crippen LogP contribution in [0.2, 0.25) is 0 Å². The van der Waals surface area contributed by atoms with E-state index in [-0.39, 0.29) is 11.4 Å². The van der Waals surface area contributed by atoms with Crippen LogP contribution in [0.5, 0.6) is 5.75 Å². The van der Waals surface area contributed by atoms with Crippen LogP contribution in [-0.2, 0) is 4.74 Å². The van der Waals surface area contributed by atoms with Gasteiger partial charge in [-0.15, -0.1) is 0 Å². The molecule has 0 bridgehead atoms. The summed E-state index contributed by atoms with van der Waals surface area (Å²) in [6.45, 7) is 4.47. The first-order chi connectivity index (χ1) is 9.00. The van der Waals surface area contributed by atoms with Crippen LogP contribution < -0.4 is 4.74 Å². The fourth-order valence-electron chi connectivity index (χ4n) is 2.37. The third-order valence-electron chi connectivity index (χ3n) is 3.53. The maximum Gasteiger partial charge on any atom is 0.220 e. The van der Waals surface area contributed by atoms with Crippen molar-refractivity contribution in [2.45, 2.75) is 38.1 Å². The van der Waals surface area contributed by atoms with Crippen LogP contribution in [0.3, 0.4) is 0 Å². The van der Waals surface area contributed by atoms with E-state index in [9.17, 15) is 4.39 Å². The maximum absolute atomic E-state index is 14.3. The molecule has 0 amide bonds. The van der Waals surface area contributed by atoms with Gasteiger partial charge in [-0.2, -0.15) is 0 Å². The Hall–Kier alpha value is -1.58. The second-order valence-corrected chi connectivity index (χ2v) is 5.87. The van der Waals surface area contributed by atoms with Gasteiger partial charge in [0.05, 0.1) is 18.2 Å². The van der Waals surface area contributed by atoms with Gasteiger partial charge in [0, 0.05) is 6.07 Å². The van der Waals surface area contributed by atoms with E-state index in [0.717, 1.165) is 18.4 Å². The molecule has 4 heteroatoms. The molecule has 0 atom stereocenters. The number of methoxy groups -OCH3 is 1. The van der Waals surface area contributed by atoms with E-state index >= 15 is 0 Å². The van der Waals surface area contributed by atoms with Gasteiger partial charge in [-0.1, -0.05) is 0 Å². The lowest BCUT2D eigenvalue weighted by molar-refractivity contribution is 0.278. The summed E-state index contributed by atoms with van der Waals surface area (Å²) in [6, 6.07) is 3.31. The Morgan fingerprint density at radius 2 is 2.11 bits per heavy atom. The van der Waals surface area contributed by atoms with Crippen LogP contribution in [0, 0.1) is 5.82 Å². The van der Waals surface area contributed by atoms with E-state index in [4.69, 9.17) is 9.47 Å². The van der Waals surface area contributed by atoms with Crippen molar-refractivity contribution >= 4 is 5.90 Å². The van der Waals surface area contributed by atoms with Gasteiger partial charge < -0.3 is 9.47 Å². The Morgan fingerprint density at radius 1 is 1.37 bits per heavy atom. The van der Waals surface area contributed by atoms with Gasteiger partial charge >= 0.3 is 0 Å². The van der Waals surface area contributed by atoms with Gasteiger partial charge in [0.25, 0.3) is 0 Å². The number of nitrogens with zero attached hydrogens (tertiary/aromatic N) is 1. The highest BCUT2D eigenvalue weighted by molar-refractivity contribution is 5.97. The van der Waals surface area contributed by atoms with E-state index < -0.39 is 0 Å². The predicted octanol–water partition coefficient (Wildman–Crippen LogP) is 3.27. The number of aliphatic imine (C=N–C) groups is 1. The van der Waals surface area contributed by atoms with Gasteiger partial charge in [0.15, 0.2) is 0 Å². The van der Waals surface area contributed by atoms with Crippen molar-refractivity contribution in [3.63, 3.8) is 0 Å². The Bertz CT molecular complexity index is 547. The van der Waals surface area contributed by atoms with Gasteiger partial charge in [-0.05, 0) is 44.2 Å². The quantitative estimate of drug-likeness (QED) is 0.838. The van der Waals surface area contributed by atoms with Crippen molar-refractivity contribution in [2.24, 2.45) is 4.99 Å². The second kappa shape index (κ2) is 4.22. The summed E-state index contributed by atoms with van der Waals surface area (Å²) in [4.78, 5) is 4.49. The number of hydrogen-bond donors (Lipinski definition) is 0. The standard InChI is InChI=1S/C15H18FNO2/c1-15(2)8-19-14(17-15)13-11(9-4-5-9)6-10(18-3)7-12(13)16/h6-7,9H,4-5,8H2,1-3H3. The lowest BCUT2D eigenvalue weighted by atomic mass is 10.0. The van der Waals surface area contributed by atoms with Crippen molar-refractivity contribution in [2.75, 3.05) is 13.7 Å². The van der Waals surface area contributed by atoms with E-state index in [2.05, 4.69) is 4.99 Å².